The molecule has 0 bridgehead atoms. The fraction of sp³-hybridized carbons (Fsp3) is 0.571. The van der Waals surface area contributed by atoms with Crippen LogP contribution in [0.15, 0.2) is 27.8 Å². The van der Waals surface area contributed by atoms with Gasteiger partial charge in [-0.25, -0.2) is 9.97 Å². The zero-order chi connectivity index (χ0) is 20.8. The van der Waals surface area contributed by atoms with Gasteiger partial charge in [0, 0.05) is 25.7 Å². The Morgan fingerprint density at radius 3 is 2.69 bits per heavy atom. The van der Waals surface area contributed by atoms with Crippen molar-refractivity contribution in [2.24, 2.45) is 5.92 Å². The van der Waals surface area contributed by atoms with E-state index >= 15 is 0 Å². The number of nitrogens with zero attached hydrogens (tertiary/aromatic N) is 3. The molecule has 0 spiro atoms. The minimum atomic E-state index is -0.125. The molecule has 3 rings (SSSR count). The third kappa shape index (κ3) is 5.58. The van der Waals surface area contributed by atoms with Crippen LogP contribution in [0.5, 0.6) is 0 Å². The van der Waals surface area contributed by atoms with E-state index in [0.29, 0.717) is 46.4 Å². The van der Waals surface area contributed by atoms with E-state index in [9.17, 15) is 4.79 Å². The maximum Gasteiger partial charge on any atom is 0.255 e. The number of nitrogens with one attached hydrogen (secondary N) is 1. The number of aryl methyl sites for hydroxylation is 1. The number of amides is 1. The quantitative estimate of drug-likeness (QED) is 0.521. The van der Waals surface area contributed by atoms with Crippen LogP contribution in [0.3, 0.4) is 0 Å². The molecule has 1 amide bonds. The van der Waals surface area contributed by atoms with Crippen molar-refractivity contribution in [2.75, 3.05) is 39.1 Å². The summed E-state index contributed by atoms with van der Waals surface area (Å²) >= 11 is 1.44. The molecule has 1 unspecified atom stereocenters. The summed E-state index contributed by atoms with van der Waals surface area (Å²) < 4.78 is 10.9. The van der Waals surface area contributed by atoms with E-state index < -0.39 is 0 Å². The number of aromatic nitrogens is 2. The van der Waals surface area contributed by atoms with Crippen LogP contribution < -0.4 is 5.32 Å². The van der Waals surface area contributed by atoms with Crippen LogP contribution >= 0.6 is 11.8 Å². The normalized spacial score (nSPS) is 16.2. The van der Waals surface area contributed by atoms with Crippen LogP contribution in [0.2, 0.25) is 0 Å². The van der Waals surface area contributed by atoms with Crippen LogP contribution in [0.1, 0.15) is 36.3 Å². The van der Waals surface area contributed by atoms with Gasteiger partial charge in [0.1, 0.15) is 5.03 Å². The molecule has 1 saturated heterocycles. The Kier molecular flexibility index (Phi) is 7.69. The van der Waals surface area contributed by atoms with Gasteiger partial charge in [-0.1, -0.05) is 13.8 Å². The molecule has 7 nitrogen and oxygen atoms in total. The first-order chi connectivity index (χ1) is 14.0. The number of thioether (sulfide) groups is 1. The van der Waals surface area contributed by atoms with E-state index in [1.165, 1.54) is 11.8 Å². The maximum atomic E-state index is 13.0. The number of morpholine rings is 1. The molecule has 29 heavy (non-hydrogen) atoms. The van der Waals surface area contributed by atoms with Crippen molar-refractivity contribution < 1.29 is 13.9 Å². The van der Waals surface area contributed by atoms with E-state index in [-0.39, 0.29) is 5.91 Å². The molecule has 0 radical (unpaired) electrons. The van der Waals surface area contributed by atoms with Gasteiger partial charge in [0.15, 0.2) is 11.6 Å². The summed E-state index contributed by atoms with van der Waals surface area (Å²) in [6.07, 6.45) is 4.54. The van der Waals surface area contributed by atoms with Crippen LogP contribution in [-0.2, 0) is 4.74 Å². The summed E-state index contributed by atoms with van der Waals surface area (Å²) in [4.78, 5) is 24.5. The second kappa shape index (κ2) is 10.2. The van der Waals surface area contributed by atoms with Crippen LogP contribution in [0, 0.1) is 12.8 Å². The molecular weight excluding hydrogens is 388 g/mol. The lowest BCUT2D eigenvalue weighted by Crippen LogP contribution is -2.49. The molecule has 1 aliphatic heterocycles. The molecule has 1 N–H and O–H groups in total. The van der Waals surface area contributed by atoms with Gasteiger partial charge in [-0.3, -0.25) is 9.69 Å². The molecule has 8 heteroatoms. The largest absolute Gasteiger partial charge is 0.461 e. The Hall–Kier alpha value is -1.90. The third-order valence-electron chi connectivity index (χ3n) is 5.02. The van der Waals surface area contributed by atoms with Gasteiger partial charge in [-0.2, -0.15) is 0 Å². The third-order valence-corrected chi connectivity index (χ3v) is 5.70. The summed E-state index contributed by atoms with van der Waals surface area (Å²) in [7, 11) is 0. The predicted molar refractivity (Wildman–Crippen MR) is 114 cm³/mol. The minimum absolute atomic E-state index is 0.125. The Balaban J connectivity index is 1.74. The first-order valence-electron chi connectivity index (χ1n) is 10.1. The molecule has 158 valence electrons. The van der Waals surface area contributed by atoms with E-state index in [0.717, 1.165) is 32.7 Å². The van der Waals surface area contributed by atoms with Gasteiger partial charge < -0.3 is 14.5 Å². The molecule has 1 fully saturated rings. The molecule has 1 aliphatic rings. The summed E-state index contributed by atoms with van der Waals surface area (Å²) in [6.45, 7) is 10.2. The van der Waals surface area contributed by atoms with E-state index in [1.54, 1.807) is 12.3 Å². The van der Waals surface area contributed by atoms with Crippen LogP contribution in [0.25, 0.3) is 11.6 Å². The number of rotatable bonds is 8. The lowest BCUT2D eigenvalue weighted by atomic mass is 10.0. The number of furan rings is 1. The SMILES string of the molecule is CSc1nc(-c2ccco2)nc(C)c1C(=O)NCC(CC(C)C)N1CCOCC1. The van der Waals surface area contributed by atoms with Crippen molar-refractivity contribution in [3.8, 4) is 11.6 Å². The van der Waals surface area contributed by atoms with Crippen molar-refractivity contribution >= 4 is 17.7 Å². The van der Waals surface area contributed by atoms with Crippen LogP contribution in [0.4, 0.5) is 0 Å². The first kappa shape index (κ1) is 21.8. The Labute approximate surface area is 176 Å². The van der Waals surface area contributed by atoms with Gasteiger partial charge >= 0.3 is 0 Å². The van der Waals surface area contributed by atoms with Crippen molar-refractivity contribution in [1.82, 2.24) is 20.2 Å². The van der Waals surface area contributed by atoms with Gasteiger partial charge in [0.25, 0.3) is 5.91 Å². The average molecular weight is 419 g/mol. The Morgan fingerprint density at radius 1 is 1.31 bits per heavy atom. The molecular formula is C21H30N4O3S. The smallest absolute Gasteiger partial charge is 0.255 e. The predicted octanol–water partition coefficient (Wildman–Crippen LogP) is 3.24. The zero-order valence-corrected chi connectivity index (χ0v) is 18.4. The second-order valence-corrected chi connectivity index (χ2v) is 8.43. The highest BCUT2D eigenvalue weighted by Crippen LogP contribution is 2.25. The molecule has 2 aromatic rings. The van der Waals surface area contributed by atoms with Crippen molar-refractivity contribution in [2.45, 2.75) is 38.3 Å². The Morgan fingerprint density at radius 2 is 2.07 bits per heavy atom. The number of hydrogen-bond acceptors (Lipinski definition) is 7. The highest BCUT2D eigenvalue weighted by atomic mass is 32.2. The highest BCUT2D eigenvalue weighted by molar-refractivity contribution is 7.98. The molecule has 0 aromatic carbocycles. The summed E-state index contributed by atoms with van der Waals surface area (Å²) in [5.74, 6) is 1.53. The zero-order valence-electron chi connectivity index (χ0n) is 17.6. The van der Waals surface area contributed by atoms with Crippen LogP contribution in [-0.4, -0.2) is 65.9 Å². The average Bonchev–Trinajstić information content (AvgIpc) is 3.25. The van der Waals surface area contributed by atoms with E-state index in [4.69, 9.17) is 9.15 Å². The summed E-state index contributed by atoms with van der Waals surface area (Å²) in [5, 5.41) is 3.79. The standard InChI is InChI=1S/C21H30N4O3S/c1-14(2)12-16(25-7-10-27-11-8-25)13-22-20(26)18-15(3)23-19(24-21(18)29-4)17-6-5-9-28-17/h5-6,9,14,16H,7-8,10-13H2,1-4H3,(H,22,26). The molecule has 2 aromatic heterocycles. The van der Waals surface area contributed by atoms with Gasteiger partial charge in [-0.15, -0.1) is 11.8 Å². The first-order valence-corrected chi connectivity index (χ1v) is 11.3. The highest BCUT2D eigenvalue weighted by Gasteiger charge is 2.24. The van der Waals surface area contributed by atoms with Crippen molar-refractivity contribution in [3.63, 3.8) is 0 Å². The molecule has 0 saturated carbocycles. The molecule has 0 aliphatic carbocycles. The maximum absolute atomic E-state index is 13.0. The summed E-state index contributed by atoms with van der Waals surface area (Å²) in [6, 6.07) is 3.91. The van der Waals surface area contributed by atoms with Gasteiger partial charge in [0.2, 0.25) is 0 Å². The Bertz CT molecular complexity index is 805. The number of carbonyl (C=O) groups excluding carboxylic acids is 1. The topological polar surface area (TPSA) is 80.5 Å². The summed E-state index contributed by atoms with van der Waals surface area (Å²) in [5.41, 5.74) is 1.19. The second-order valence-electron chi connectivity index (χ2n) is 7.64. The molecule has 1 atom stereocenters. The monoisotopic (exact) mass is 418 g/mol. The van der Waals surface area contributed by atoms with Crippen molar-refractivity contribution in [1.29, 1.82) is 0 Å². The number of ether oxygens (including phenoxy) is 1. The van der Waals surface area contributed by atoms with E-state index in [1.807, 2.05) is 19.2 Å². The van der Waals surface area contributed by atoms with Gasteiger partial charge in [-0.05, 0) is 37.7 Å². The fourth-order valence-electron chi connectivity index (χ4n) is 3.62. The number of carbonyl (C=O) groups is 1. The number of hydrogen-bond donors (Lipinski definition) is 1. The lowest BCUT2D eigenvalue weighted by molar-refractivity contribution is 0.0124. The lowest BCUT2D eigenvalue weighted by Gasteiger charge is -2.35. The molecule has 3 heterocycles. The van der Waals surface area contributed by atoms with E-state index in [2.05, 4.69) is 34.0 Å². The minimum Gasteiger partial charge on any atom is -0.461 e. The van der Waals surface area contributed by atoms with Gasteiger partial charge in [0.05, 0.1) is 30.7 Å². The fourth-order valence-corrected chi connectivity index (χ4v) is 4.24. The van der Waals surface area contributed by atoms with Crippen molar-refractivity contribution in [3.05, 3.63) is 29.7 Å².